The van der Waals surface area contributed by atoms with Crippen LogP contribution in [0.25, 0.3) is 0 Å². The molecule has 1 atom stereocenters. The minimum absolute atomic E-state index is 0.0267. The summed E-state index contributed by atoms with van der Waals surface area (Å²) < 4.78 is 1.73. The minimum atomic E-state index is -0.0267. The van der Waals surface area contributed by atoms with Gasteiger partial charge in [0.15, 0.2) is 0 Å². The lowest BCUT2D eigenvalue weighted by Gasteiger charge is -2.11. The van der Waals surface area contributed by atoms with E-state index in [0.717, 1.165) is 28.5 Å². The molecule has 5 heteroatoms. The SMILES string of the molecule is O=C(NCC[C@@H]1CCCN1)c1cc(Br)ccc1Br. The quantitative estimate of drug-likeness (QED) is 0.848. The van der Waals surface area contributed by atoms with Gasteiger partial charge in [0.05, 0.1) is 5.56 Å². The molecule has 1 aliphatic rings. The molecule has 0 radical (unpaired) electrons. The molecule has 2 N–H and O–H groups in total. The van der Waals surface area contributed by atoms with Gasteiger partial charge in [-0.25, -0.2) is 0 Å². The van der Waals surface area contributed by atoms with Crippen molar-refractivity contribution < 1.29 is 4.79 Å². The number of carbonyl (C=O) groups excluding carboxylic acids is 1. The molecule has 3 nitrogen and oxygen atoms in total. The first-order valence-electron chi connectivity index (χ1n) is 6.13. The van der Waals surface area contributed by atoms with Crippen molar-refractivity contribution in [1.82, 2.24) is 10.6 Å². The number of amides is 1. The summed E-state index contributed by atoms with van der Waals surface area (Å²) in [6.45, 7) is 1.82. The zero-order chi connectivity index (χ0) is 13.0. The average molecular weight is 376 g/mol. The Balaban J connectivity index is 1.85. The van der Waals surface area contributed by atoms with Gasteiger partial charge in [0.1, 0.15) is 0 Å². The Morgan fingerprint density at radius 3 is 3.00 bits per heavy atom. The molecule has 1 heterocycles. The summed E-state index contributed by atoms with van der Waals surface area (Å²) in [4.78, 5) is 12.0. The Labute approximate surface area is 124 Å². The molecule has 0 spiro atoms. The summed E-state index contributed by atoms with van der Waals surface area (Å²) in [6.07, 6.45) is 3.46. The second-order valence-corrected chi connectivity index (χ2v) is 6.23. The second-order valence-electron chi connectivity index (χ2n) is 4.46. The fourth-order valence-electron chi connectivity index (χ4n) is 2.13. The van der Waals surface area contributed by atoms with Crippen LogP contribution in [0.4, 0.5) is 0 Å². The van der Waals surface area contributed by atoms with E-state index < -0.39 is 0 Å². The Bertz CT molecular complexity index is 431. The maximum Gasteiger partial charge on any atom is 0.252 e. The molecule has 1 aromatic rings. The van der Waals surface area contributed by atoms with Crippen molar-refractivity contribution >= 4 is 37.8 Å². The van der Waals surface area contributed by atoms with Gasteiger partial charge in [0.2, 0.25) is 0 Å². The van der Waals surface area contributed by atoms with Crippen LogP contribution in [0, 0.1) is 0 Å². The van der Waals surface area contributed by atoms with E-state index in [0.29, 0.717) is 11.6 Å². The van der Waals surface area contributed by atoms with Gasteiger partial charge in [-0.3, -0.25) is 4.79 Å². The summed E-state index contributed by atoms with van der Waals surface area (Å²) in [7, 11) is 0. The van der Waals surface area contributed by atoms with Crippen LogP contribution in [0.2, 0.25) is 0 Å². The molecular weight excluding hydrogens is 360 g/mol. The Hall–Kier alpha value is -0.390. The molecule has 98 valence electrons. The first-order chi connectivity index (χ1) is 8.66. The van der Waals surface area contributed by atoms with Gasteiger partial charge in [-0.2, -0.15) is 0 Å². The number of benzene rings is 1. The Morgan fingerprint density at radius 2 is 2.28 bits per heavy atom. The third kappa shape index (κ3) is 3.80. The number of hydrogen-bond acceptors (Lipinski definition) is 2. The van der Waals surface area contributed by atoms with E-state index in [1.54, 1.807) is 0 Å². The Morgan fingerprint density at radius 1 is 1.44 bits per heavy atom. The molecular formula is C13H16Br2N2O. The number of halogens is 2. The van der Waals surface area contributed by atoms with Crippen LogP contribution in [-0.2, 0) is 0 Å². The monoisotopic (exact) mass is 374 g/mol. The molecule has 1 amide bonds. The van der Waals surface area contributed by atoms with E-state index in [2.05, 4.69) is 42.5 Å². The standard InChI is InChI=1S/C13H16Br2N2O/c14-9-3-4-12(15)11(8-9)13(18)17-7-5-10-2-1-6-16-10/h3-4,8,10,16H,1-2,5-7H2,(H,17,18)/t10-/m0/s1. The number of nitrogens with one attached hydrogen (secondary N) is 2. The zero-order valence-corrected chi connectivity index (χ0v) is 13.2. The molecule has 1 saturated heterocycles. The predicted octanol–water partition coefficient (Wildman–Crippen LogP) is 3.08. The van der Waals surface area contributed by atoms with Crippen LogP contribution in [0.3, 0.4) is 0 Å². The maximum absolute atomic E-state index is 12.0. The summed E-state index contributed by atoms with van der Waals surface area (Å²) in [5.41, 5.74) is 0.670. The smallest absolute Gasteiger partial charge is 0.252 e. The van der Waals surface area contributed by atoms with Crippen molar-refractivity contribution in [3.8, 4) is 0 Å². The lowest BCUT2D eigenvalue weighted by Crippen LogP contribution is -2.30. The zero-order valence-electron chi connectivity index (χ0n) is 10.0. The van der Waals surface area contributed by atoms with E-state index in [1.807, 2.05) is 18.2 Å². The number of rotatable bonds is 4. The van der Waals surface area contributed by atoms with E-state index >= 15 is 0 Å². The lowest BCUT2D eigenvalue weighted by molar-refractivity contribution is 0.0951. The summed E-state index contributed by atoms with van der Waals surface area (Å²) in [5, 5.41) is 6.39. The molecule has 0 unspecified atom stereocenters. The number of carbonyl (C=O) groups is 1. The first-order valence-corrected chi connectivity index (χ1v) is 7.72. The molecule has 18 heavy (non-hydrogen) atoms. The molecule has 0 saturated carbocycles. The lowest BCUT2D eigenvalue weighted by atomic mass is 10.1. The maximum atomic E-state index is 12.0. The summed E-state index contributed by atoms with van der Waals surface area (Å²) >= 11 is 6.77. The molecule has 1 fully saturated rings. The van der Waals surface area contributed by atoms with E-state index in [-0.39, 0.29) is 5.91 Å². The van der Waals surface area contributed by atoms with Crippen molar-refractivity contribution in [3.63, 3.8) is 0 Å². The fourth-order valence-corrected chi connectivity index (χ4v) is 2.92. The summed E-state index contributed by atoms with van der Waals surface area (Å²) in [5.74, 6) is -0.0267. The molecule has 0 aliphatic carbocycles. The average Bonchev–Trinajstić information content (AvgIpc) is 2.85. The predicted molar refractivity (Wildman–Crippen MR) is 79.8 cm³/mol. The van der Waals surface area contributed by atoms with E-state index in [4.69, 9.17) is 0 Å². The molecule has 0 bridgehead atoms. The van der Waals surface area contributed by atoms with E-state index in [1.165, 1.54) is 12.8 Å². The Kier molecular flexibility index (Phi) is 5.21. The molecule has 0 aromatic heterocycles. The highest BCUT2D eigenvalue weighted by Gasteiger charge is 2.15. The van der Waals surface area contributed by atoms with Crippen molar-refractivity contribution in [1.29, 1.82) is 0 Å². The van der Waals surface area contributed by atoms with Crippen LogP contribution in [-0.4, -0.2) is 25.0 Å². The van der Waals surface area contributed by atoms with Crippen molar-refractivity contribution in [2.75, 3.05) is 13.1 Å². The highest BCUT2D eigenvalue weighted by Crippen LogP contribution is 2.21. The van der Waals surface area contributed by atoms with Crippen molar-refractivity contribution in [2.45, 2.75) is 25.3 Å². The van der Waals surface area contributed by atoms with Crippen LogP contribution in [0.1, 0.15) is 29.6 Å². The van der Waals surface area contributed by atoms with Crippen molar-refractivity contribution in [3.05, 3.63) is 32.7 Å². The van der Waals surface area contributed by atoms with Gasteiger partial charge in [0, 0.05) is 21.5 Å². The highest BCUT2D eigenvalue weighted by atomic mass is 79.9. The van der Waals surface area contributed by atoms with Gasteiger partial charge in [-0.15, -0.1) is 0 Å². The van der Waals surface area contributed by atoms with Crippen LogP contribution in [0.15, 0.2) is 27.1 Å². The normalized spacial score (nSPS) is 18.9. The molecule has 1 aromatic carbocycles. The van der Waals surface area contributed by atoms with E-state index in [9.17, 15) is 4.79 Å². The third-order valence-electron chi connectivity index (χ3n) is 3.11. The van der Waals surface area contributed by atoms with Gasteiger partial charge in [-0.1, -0.05) is 15.9 Å². The van der Waals surface area contributed by atoms with Gasteiger partial charge in [-0.05, 0) is 59.9 Å². The molecule has 2 rings (SSSR count). The van der Waals surface area contributed by atoms with Crippen LogP contribution >= 0.6 is 31.9 Å². The van der Waals surface area contributed by atoms with Gasteiger partial charge >= 0.3 is 0 Å². The topological polar surface area (TPSA) is 41.1 Å². The minimum Gasteiger partial charge on any atom is -0.352 e. The second kappa shape index (κ2) is 6.68. The summed E-state index contributed by atoms with van der Waals surface area (Å²) in [6, 6.07) is 6.17. The molecule has 1 aliphatic heterocycles. The highest BCUT2D eigenvalue weighted by molar-refractivity contribution is 9.11. The largest absolute Gasteiger partial charge is 0.352 e. The van der Waals surface area contributed by atoms with Crippen LogP contribution < -0.4 is 10.6 Å². The first kappa shape index (κ1) is 14.0. The number of hydrogen-bond donors (Lipinski definition) is 2. The van der Waals surface area contributed by atoms with Gasteiger partial charge < -0.3 is 10.6 Å². The van der Waals surface area contributed by atoms with Crippen LogP contribution in [0.5, 0.6) is 0 Å². The fraction of sp³-hybridized carbons (Fsp3) is 0.462. The van der Waals surface area contributed by atoms with Gasteiger partial charge in [0.25, 0.3) is 5.91 Å². The van der Waals surface area contributed by atoms with Crippen molar-refractivity contribution in [2.24, 2.45) is 0 Å². The third-order valence-corrected chi connectivity index (χ3v) is 4.30.